The summed E-state index contributed by atoms with van der Waals surface area (Å²) in [6.45, 7) is 3.13. The van der Waals surface area contributed by atoms with Gasteiger partial charge >= 0.3 is 5.97 Å². The van der Waals surface area contributed by atoms with Gasteiger partial charge in [-0.15, -0.1) is 11.3 Å². The van der Waals surface area contributed by atoms with Gasteiger partial charge in [0, 0.05) is 19.6 Å². The number of carbonyl (C=O) groups is 1. The number of carboxylic acids is 1. The lowest BCUT2D eigenvalue weighted by molar-refractivity contribution is 0.0700. The van der Waals surface area contributed by atoms with Crippen LogP contribution in [0.15, 0.2) is 11.4 Å². The van der Waals surface area contributed by atoms with E-state index in [1.807, 2.05) is 11.4 Å². The molecule has 2 fully saturated rings. The predicted octanol–water partition coefficient (Wildman–Crippen LogP) is 3.07. The summed E-state index contributed by atoms with van der Waals surface area (Å²) < 4.78 is 0. The van der Waals surface area contributed by atoms with Gasteiger partial charge in [-0.05, 0) is 54.5 Å². The van der Waals surface area contributed by atoms with Crippen LogP contribution in [0.25, 0.3) is 0 Å². The minimum atomic E-state index is -0.780. The van der Waals surface area contributed by atoms with Crippen molar-refractivity contribution in [1.29, 1.82) is 0 Å². The highest BCUT2D eigenvalue weighted by Crippen LogP contribution is 2.34. The van der Waals surface area contributed by atoms with E-state index >= 15 is 0 Å². The van der Waals surface area contributed by atoms with E-state index in [0.717, 1.165) is 37.0 Å². The highest BCUT2D eigenvalue weighted by Gasteiger charge is 2.29. The van der Waals surface area contributed by atoms with Crippen LogP contribution in [0, 0.1) is 11.8 Å². The quantitative estimate of drug-likeness (QED) is 0.823. The van der Waals surface area contributed by atoms with Crippen molar-refractivity contribution in [3.8, 4) is 0 Å². The molecule has 2 saturated carbocycles. The van der Waals surface area contributed by atoms with Gasteiger partial charge in [0.1, 0.15) is 4.88 Å². The molecule has 0 radical (unpaired) electrons. The Bertz CT molecular complexity index is 421. The van der Waals surface area contributed by atoms with Crippen LogP contribution in [0.4, 0.5) is 0 Å². The Hall–Kier alpha value is -0.870. The molecule has 0 saturated heterocycles. The second-order valence-corrected chi connectivity index (χ2v) is 6.58. The van der Waals surface area contributed by atoms with E-state index in [0.29, 0.717) is 4.88 Å². The zero-order chi connectivity index (χ0) is 12.5. The third-order valence-corrected chi connectivity index (χ3v) is 4.71. The molecule has 1 aromatic rings. The van der Waals surface area contributed by atoms with Crippen LogP contribution in [0.2, 0.25) is 0 Å². The third kappa shape index (κ3) is 3.12. The van der Waals surface area contributed by atoms with Crippen LogP contribution in [0.3, 0.4) is 0 Å². The lowest BCUT2D eigenvalue weighted by Gasteiger charge is -2.22. The maximum atomic E-state index is 11.1. The number of rotatable bonds is 7. The van der Waals surface area contributed by atoms with Gasteiger partial charge in [0.05, 0.1) is 0 Å². The molecule has 0 aliphatic heterocycles. The van der Waals surface area contributed by atoms with Gasteiger partial charge in [-0.25, -0.2) is 4.79 Å². The fourth-order valence-corrected chi connectivity index (χ4v) is 3.18. The van der Waals surface area contributed by atoms with E-state index in [2.05, 4.69) is 4.90 Å². The number of aromatic carboxylic acids is 1. The number of hydrogen-bond donors (Lipinski definition) is 1. The van der Waals surface area contributed by atoms with Gasteiger partial charge in [0.15, 0.2) is 0 Å². The van der Waals surface area contributed by atoms with Crippen molar-refractivity contribution in [1.82, 2.24) is 4.90 Å². The molecule has 1 N–H and O–H groups in total. The Kier molecular flexibility index (Phi) is 3.39. The molecule has 0 bridgehead atoms. The second kappa shape index (κ2) is 5.02. The maximum absolute atomic E-state index is 11.1. The normalized spacial score (nSPS) is 19.4. The van der Waals surface area contributed by atoms with Gasteiger partial charge in [-0.1, -0.05) is 0 Å². The van der Waals surface area contributed by atoms with Crippen molar-refractivity contribution in [3.63, 3.8) is 0 Å². The Morgan fingerprint density at radius 1 is 1.28 bits per heavy atom. The van der Waals surface area contributed by atoms with E-state index in [-0.39, 0.29) is 0 Å². The van der Waals surface area contributed by atoms with Gasteiger partial charge in [-0.2, -0.15) is 0 Å². The number of nitrogens with zero attached hydrogens (tertiary/aromatic N) is 1. The first kappa shape index (κ1) is 12.2. The van der Waals surface area contributed by atoms with Crippen LogP contribution in [0.5, 0.6) is 0 Å². The first-order chi connectivity index (χ1) is 8.72. The van der Waals surface area contributed by atoms with E-state index < -0.39 is 5.97 Å². The zero-order valence-electron chi connectivity index (χ0n) is 10.5. The maximum Gasteiger partial charge on any atom is 0.346 e. The largest absolute Gasteiger partial charge is 0.477 e. The van der Waals surface area contributed by atoms with Crippen molar-refractivity contribution < 1.29 is 9.90 Å². The first-order valence-corrected chi connectivity index (χ1v) is 7.62. The molecule has 3 nitrogen and oxygen atoms in total. The lowest BCUT2D eigenvalue weighted by Crippen LogP contribution is -2.28. The molecule has 4 heteroatoms. The molecule has 18 heavy (non-hydrogen) atoms. The summed E-state index contributed by atoms with van der Waals surface area (Å²) in [6, 6.07) is 1.97. The summed E-state index contributed by atoms with van der Waals surface area (Å²) in [5.41, 5.74) is 0.994. The molecule has 2 aliphatic carbocycles. The van der Waals surface area contributed by atoms with E-state index in [4.69, 9.17) is 5.11 Å². The first-order valence-electron chi connectivity index (χ1n) is 6.74. The topological polar surface area (TPSA) is 40.5 Å². The molecule has 1 heterocycles. The Balaban J connectivity index is 1.65. The van der Waals surface area contributed by atoms with E-state index in [1.54, 1.807) is 0 Å². The van der Waals surface area contributed by atoms with Crippen molar-refractivity contribution in [3.05, 3.63) is 21.9 Å². The molecule has 1 aromatic heterocycles. The Labute approximate surface area is 111 Å². The molecule has 0 unspecified atom stereocenters. The standard InChI is InChI=1S/C14H19NO2S/c16-14(17)13-12(5-6-18-13)9-15(7-10-1-2-10)8-11-3-4-11/h5-6,10-11H,1-4,7-9H2,(H,16,17). The molecule has 0 aromatic carbocycles. The summed E-state index contributed by atoms with van der Waals surface area (Å²) in [7, 11) is 0. The fraction of sp³-hybridized carbons (Fsp3) is 0.643. The van der Waals surface area contributed by atoms with Crippen molar-refractivity contribution in [2.75, 3.05) is 13.1 Å². The minimum Gasteiger partial charge on any atom is -0.477 e. The van der Waals surface area contributed by atoms with Gasteiger partial charge in [-0.3, -0.25) is 4.90 Å². The molecule has 2 aliphatic rings. The van der Waals surface area contributed by atoms with Crippen LogP contribution in [-0.4, -0.2) is 29.1 Å². The van der Waals surface area contributed by atoms with Crippen molar-refractivity contribution >= 4 is 17.3 Å². The summed E-state index contributed by atoms with van der Waals surface area (Å²) in [6.07, 6.45) is 5.43. The third-order valence-electron chi connectivity index (χ3n) is 3.76. The number of thiophene rings is 1. The Morgan fingerprint density at radius 3 is 2.39 bits per heavy atom. The molecule has 3 rings (SSSR count). The molecular weight excluding hydrogens is 246 g/mol. The molecule has 0 atom stereocenters. The fourth-order valence-electron chi connectivity index (χ4n) is 2.42. The molecular formula is C14H19NO2S. The average Bonchev–Trinajstić information content (AvgIpc) is 3.22. The molecule has 0 spiro atoms. The van der Waals surface area contributed by atoms with Crippen LogP contribution < -0.4 is 0 Å². The van der Waals surface area contributed by atoms with Crippen LogP contribution in [0.1, 0.15) is 40.9 Å². The lowest BCUT2D eigenvalue weighted by atomic mass is 10.2. The monoisotopic (exact) mass is 265 g/mol. The van der Waals surface area contributed by atoms with Crippen LogP contribution >= 0.6 is 11.3 Å². The number of carboxylic acid groups (broad SMARTS) is 1. The average molecular weight is 265 g/mol. The smallest absolute Gasteiger partial charge is 0.346 e. The minimum absolute atomic E-state index is 0.520. The predicted molar refractivity (Wildman–Crippen MR) is 72.0 cm³/mol. The highest BCUT2D eigenvalue weighted by atomic mass is 32.1. The van der Waals surface area contributed by atoms with E-state index in [9.17, 15) is 4.79 Å². The van der Waals surface area contributed by atoms with Gasteiger partial charge in [0.2, 0.25) is 0 Å². The second-order valence-electron chi connectivity index (χ2n) is 5.66. The summed E-state index contributed by atoms with van der Waals surface area (Å²) in [4.78, 5) is 14.1. The number of hydrogen-bond acceptors (Lipinski definition) is 3. The summed E-state index contributed by atoms with van der Waals surface area (Å²) >= 11 is 1.34. The SMILES string of the molecule is O=C(O)c1sccc1CN(CC1CC1)CC1CC1. The summed E-state index contributed by atoms with van der Waals surface area (Å²) in [5, 5.41) is 11.0. The Morgan fingerprint density at radius 2 is 1.89 bits per heavy atom. The van der Waals surface area contributed by atoms with Gasteiger partial charge in [0.25, 0.3) is 0 Å². The molecule has 0 amide bonds. The van der Waals surface area contributed by atoms with Crippen LogP contribution in [-0.2, 0) is 6.54 Å². The van der Waals surface area contributed by atoms with E-state index in [1.165, 1.54) is 37.0 Å². The zero-order valence-corrected chi connectivity index (χ0v) is 11.3. The van der Waals surface area contributed by atoms with Gasteiger partial charge < -0.3 is 5.11 Å². The highest BCUT2D eigenvalue weighted by molar-refractivity contribution is 7.12. The van der Waals surface area contributed by atoms with Crippen molar-refractivity contribution in [2.24, 2.45) is 11.8 Å². The molecule has 98 valence electrons. The van der Waals surface area contributed by atoms with Crippen molar-refractivity contribution in [2.45, 2.75) is 32.2 Å². The summed E-state index contributed by atoms with van der Waals surface area (Å²) in [5.74, 6) is 0.962.